The molecule has 1 aromatic heterocycles. The van der Waals surface area contributed by atoms with Crippen LogP contribution in [0.3, 0.4) is 0 Å². The van der Waals surface area contributed by atoms with Gasteiger partial charge in [-0.25, -0.2) is 9.07 Å². The van der Waals surface area contributed by atoms with Gasteiger partial charge in [-0.2, -0.15) is 4.98 Å². The van der Waals surface area contributed by atoms with E-state index in [1.165, 1.54) is 12.1 Å². The third-order valence-corrected chi connectivity index (χ3v) is 3.14. The van der Waals surface area contributed by atoms with Gasteiger partial charge in [0, 0.05) is 5.56 Å². The summed E-state index contributed by atoms with van der Waals surface area (Å²) in [6.45, 7) is 0.501. The molecule has 0 aliphatic rings. The Bertz CT molecular complexity index is 769. The van der Waals surface area contributed by atoms with Crippen LogP contribution in [0.15, 0.2) is 54.6 Å². The molecule has 0 atom stereocenters. The van der Waals surface area contributed by atoms with Crippen molar-refractivity contribution in [3.63, 3.8) is 0 Å². The predicted octanol–water partition coefficient (Wildman–Crippen LogP) is 2.70. The van der Waals surface area contributed by atoms with Gasteiger partial charge >= 0.3 is 0 Å². The molecular formula is C16H13FN4O. The average Bonchev–Trinajstić information content (AvgIpc) is 2.92. The molecule has 110 valence electrons. The summed E-state index contributed by atoms with van der Waals surface area (Å²) in [4.78, 5) is 14.9. The van der Waals surface area contributed by atoms with Crippen LogP contribution in [0.5, 0.6) is 0 Å². The molecule has 3 rings (SSSR count). The van der Waals surface area contributed by atoms with E-state index in [2.05, 4.69) is 15.4 Å². The maximum Gasteiger partial charge on any atom is 0.249 e. The summed E-state index contributed by atoms with van der Waals surface area (Å²) in [5, 5.41) is 6.70. The molecule has 2 aromatic carbocycles. The Labute approximate surface area is 126 Å². The fourth-order valence-electron chi connectivity index (χ4n) is 2.14. The second-order valence-electron chi connectivity index (χ2n) is 4.67. The molecular weight excluding hydrogens is 283 g/mol. The second-order valence-corrected chi connectivity index (χ2v) is 4.67. The Morgan fingerprint density at radius 3 is 2.50 bits per heavy atom. The standard InChI is InChI=1S/C16H13FN4O/c17-14-8-6-13(7-9-14)15-19-16(18-11-22)20-21(15)10-12-4-2-1-3-5-12/h1-9,11H,10H2,(H,18,20,22). The number of anilines is 1. The zero-order valence-corrected chi connectivity index (χ0v) is 11.6. The summed E-state index contributed by atoms with van der Waals surface area (Å²) in [7, 11) is 0. The van der Waals surface area contributed by atoms with Gasteiger partial charge in [0.05, 0.1) is 6.54 Å². The minimum absolute atomic E-state index is 0.213. The maximum absolute atomic E-state index is 13.1. The number of nitrogens with one attached hydrogen (secondary N) is 1. The molecule has 0 radical (unpaired) electrons. The van der Waals surface area contributed by atoms with E-state index in [0.717, 1.165) is 11.1 Å². The van der Waals surface area contributed by atoms with E-state index in [4.69, 9.17) is 0 Å². The summed E-state index contributed by atoms with van der Waals surface area (Å²) in [5.41, 5.74) is 1.78. The minimum Gasteiger partial charge on any atom is -0.296 e. The maximum atomic E-state index is 13.1. The van der Waals surface area contributed by atoms with E-state index in [0.29, 0.717) is 18.8 Å². The molecule has 6 heteroatoms. The lowest BCUT2D eigenvalue weighted by atomic mass is 10.2. The van der Waals surface area contributed by atoms with Gasteiger partial charge in [0.25, 0.3) is 0 Å². The highest BCUT2D eigenvalue weighted by Gasteiger charge is 2.12. The average molecular weight is 296 g/mol. The lowest BCUT2D eigenvalue weighted by Crippen LogP contribution is -2.04. The highest BCUT2D eigenvalue weighted by molar-refractivity contribution is 5.68. The minimum atomic E-state index is -0.316. The fourth-order valence-corrected chi connectivity index (χ4v) is 2.14. The highest BCUT2D eigenvalue weighted by atomic mass is 19.1. The lowest BCUT2D eigenvalue weighted by Gasteiger charge is -2.06. The molecule has 3 aromatic rings. The van der Waals surface area contributed by atoms with Gasteiger partial charge in [0.15, 0.2) is 5.82 Å². The quantitative estimate of drug-likeness (QED) is 0.736. The third-order valence-electron chi connectivity index (χ3n) is 3.14. The van der Waals surface area contributed by atoms with Gasteiger partial charge in [-0.3, -0.25) is 10.1 Å². The Hall–Kier alpha value is -3.02. The van der Waals surface area contributed by atoms with Crippen molar-refractivity contribution in [3.05, 3.63) is 66.0 Å². The van der Waals surface area contributed by atoms with Crippen LogP contribution in [0.2, 0.25) is 0 Å². The fraction of sp³-hybridized carbons (Fsp3) is 0.0625. The van der Waals surface area contributed by atoms with Crippen molar-refractivity contribution in [2.75, 3.05) is 5.32 Å². The highest BCUT2D eigenvalue weighted by Crippen LogP contribution is 2.20. The van der Waals surface area contributed by atoms with Gasteiger partial charge in [0.2, 0.25) is 12.4 Å². The number of carbonyl (C=O) groups excluding carboxylic acids is 1. The number of halogens is 1. The molecule has 22 heavy (non-hydrogen) atoms. The largest absolute Gasteiger partial charge is 0.296 e. The molecule has 0 bridgehead atoms. The van der Waals surface area contributed by atoms with Crippen LogP contribution in [-0.2, 0) is 11.3 Å². The summed E-state index contributed by atoms with van der Waals surface area (Å²) in [6, 6.07) is 15.8. The Morgan fingerprint density at radius 1 is 1.09 bits per heavy atom. The molecule has 0 fully saturated rings. The van der Waals surface area contributed by atoms with Crippen LogP contribution in [-0.4, -0.2) is 21.2 Å². The Morgan fingerprint density at radius 2 is 1.82 bits per heavy atom. The third kappa shape index (κ3) is 3.01. The Balaban J connectivity index is 2.00. The van der Waals surface area contributed by atoms with E-state index in [-0.39, 0.29) is 11.8 Å². The Kier molecular flexibility index (Phi) is 3.91. The molecule has 1 N–H and O–H groups in total. The number of hydrogen-bond acceptors (Lipinski definition) is 3. The molecule has 5 nitrogen and oxygen atoms in total. The predicted molar refractivity (Wildman–Crippen MR) is 80.6 cm³/mol. The van der Waals surface area contributed by atoms with E-state index in [1.54, 1.807) is 16.8 Å². The van der Waals surface area contributed by atoms with Gasteiger partial charge in [-0.15, -0.1) is 5.10 Å². The van der Waals surface area contributed by atoms with Gasteiger partial charge in [0.1, 0.15) is 5.82 Å². The second kappa shape index (κ2) is 6.17. The van der Waals surface area contributed by atoms with Crippen LogP contribution in [0.25, 0.3) is 11.4 Å². The van der Waals surface area contributed by atoms with Crippen LogP contribution >= 0.6 is 0 Å². The van der Waals surface area contributed by atoms with E-state index < -0.39 is 0 Å². The smallest absolute Gasteiger partial charge is 0.249 e. The van der Waals surface area contributed by atoms with E-state index >= 15 is 0 Å². The summed E-state index contributed by atoms with van der Waals surface area (Å²) in [5.74, 6) is 0.461. The van der Waals surface area contributed by atoms with Gasteiger partial charge < -0.3 is 0 Å². The van der Waals surface area contributed by atoms with Gasteiger partial charge in [-0.05, 0) is 29.8 Å². The first-order valence-electron chi connectivity index (χ1n) is 6.71. The molecule has 0 spiro atoms. The zero-order valence-electron chi connectivity index (χ0n) is 11.6. The van der Waals surface area contributed by atoms with Crippen molar-refractivity contribution in [1.82, 2.24) is 14.8 Å². The van der Waals surface area contributed by atoms with Crippen molar-refractivity contribution < 1.29 is 9.18 Å². The number of aromatic nitrogens is 3. The van der Waals surface area contributed by atoms with E-state index in [1.807, 2.05) is 30.3 Å². The number of nitrogens with zero attached hydrogens (tertiary/aromatic N) is 3. The van der Waals surface area contributed by atoms with Crippen LogP contribution in [0.1, 0.15) is 5.56 Å². The molecule has 1 amide bonds. The monoisotopic (exact) mass is 296 g/mol. The van der Waals surface area contributed by atoms with Crippen LogP contribution in [0.4, 0.5) is 10.3 Å². The molecule has 0 aliphatic carbocycles. The first kappa shape index (κ1) is 13.9. The molecule has 0 aliphatic heterocycles. The van der Waals surface area contributed by atoms with Crippen LogP contribution < -0.4 is 5.32 Å². The topological polar surface area (TPSA) is 59.8 Å². The summed E-state index contributed by atoms with van der Waals surface area (Å²) in [6.07, 6.45) is 0.524. The molecule has 0 saturated carbocycles. The SMILES string of the molecule is O=CNc1nc(-c2ccc(F)cc2)n(Cc2ccccc2)n1. The first-order chi connectivity index (χ1) is 10.8. The summed E-state index contributed by atoms with van der Waals surface area (Å²) < 4.78 is 14.7. The number of benzene rings is 2. The number of hydrogen-bond donors (Lipinski definition) is 1. The number of amides is 1. The molecule has 0 unspecified atom stereocenters. The van der Waals surface area contributed by atoms with Crippen LogP contribution in [0, 0.1) is 5.82 Å². The first-order valence-corrected chi connectivity index (χ1v) is 6.71. The van der Waals surface area contributed by atoms with Crippen molar-refractivity contribution in [1.29, 1.82) is 0 Å². The van der Waals surface area contributed by atoms with Crippen molar-refractivity contribution in [2.45, 2.75) is 6.54 Å². The lowest BCUT2D eigenvalue weighted by molar-refractivity contribution is -0.105. The summed E-state index contributed by atoms with van der Waals surface area (Å²) >= 11 is 0. The molecule has 0 saturated heterocycles. The zero-order chi connectivity index (χ0) is 15.4. The van der Waals surface area contributed by atoms with Crippen molar-refractivity contribution in [3.8, 4) is 11.4 Å². The van der Waals surface area contributed by atoms with E-state index in [9.17, 15) is 9.18 Å². The van der Waals surface area contributed by atoms with Gasteiger partial charge in [-0.1, -0.05) is 30.3 Å². The number of rotatable bonds is 5. The normalized spacial score (nSPS) is 10.4. The molecule has 1 heterocycles. The van der Waals surface area contributed by atoms with Crippen molar-refractivity contribution in [2.24, 2.45) is 0 Å². The number of carbonyl (C=O) groups is 1. The van der Waals surface area contributed by atoms with Crippen molar-refractivity contribution >= 4 is 12.4 Å².